The molecular weight excluding hydrogens is 268 g/mol. The van der Waals surface area contributed by atoms with Gasteiger partial charge in [-0.2, -0.15) is 0 Å². The molecule has 0 amide bonds. The van der Waals surface area contributed by atoms with Gasteiger partial charge >= 0.3 is 0 Å². The van der Waals surface area contributed by atoms with Crippen molar-refractivity contribution in [1.29, 1.82) is 0 Å². The lowest BCUT2D eigenvalue weighted by atomic mass is 9.99. The van der Waals surface area contributed by atoms with Gasteiger partial charge in [-0.05, 0) is 23.7 Å². The van der Waals surface area contributed by atoms with Gasteiger partial charge in [0.05, 0.1) is 5.48 Å². The second kappa shape index (κ2) is 4.39. The van der Waals surface area contributed by atoms with Gasteiger partial charge in [-0.1, -0.05) is 60.1 Å². The molecule has 0 unspecified atom stereocenters. The predicted molar refractivity (Wildman–Crippen MR) is 84.2 cm³/mol. The van der Waals surface area contributed by atoms with Crippen molar-refractivity contribution in [3.63, 3.8) is 0 Å². The van der Waals surface area contributed by atoms with Crippen molar-refractivity contribution in [2.75, 3.05) is 0 Å². The van der Waals surface area contributed by atoms with E-state index in [-0.39, 0.29) is 29.2 Å². The molecule has 2 heteroatoms. The molecule has 0 aliphatic heterocycles. The van der Waals surface area contributed by atoms with E-state index >= 15 is 0 Å². The summed E-state index contributed by atoms with van der Waals surface area (Å²) in [5.41, 5.74) is 2.29. The Bertz CT molecular complexity index is 1090. The van der Waals surface area contributed by atoms with Crippen molar-refractivity contribution >= 4 is 33.5 Å². The molecule has 0 saturated heterocycles. The minimum absolute atomic E-state index is 0.0128. The number of hydrogen-bond acceptors (Lipinski definition) is 1. The SMILES string of the molecule is [2H]c1c([2H])c([2H])c(-c2cccc3oc4ccccc4c23)c(Cl)c1[2H]. The predicted octanol–water partition coefficient (Wildman–Crippen LogP) is 5.91. The quantitative estimate of drug-likeness (QED) is 0.423. The van der Waals surface area contributed by atoms with Crippen molar-refractivity contribution in [1.82, 2.24) is 0 Å². The third-order valence-corrected chi connectivity index (χ3v) is 3.60. The number of furan rings is 1. The fourth-order valence-corrected chi connectivity index (χ4v) is 2.66. The summed E-state index contributed by atoms with van der Waals surface area (Å²) >= 11 is 6.29. The van der Waals surface area contributed by atoms with E-state index < -0.39 is 0 Å². The Morgan fingerprint density at radius 2 is 1.65 bits per heavy atom. The lowest BCUT2D eigenvalue weighted by Crippen LogP contribution is -1.80. The highest BCUT2D eigenvalue weighted by Gasteiger charge is 2.13. The monoisotopic (exact) mass is 282 g/mol. The summed E-state index contributed by atoms with van der Waals surface area (Å²) in [5.74, 6) is 0. The normalized spacial score (nSPS) is 14.1. The van der Waals surface area contributed by atoms with Crippen LogP contribution in [-0.4, -0.2) is 0 Å². The molecule has 0 bridgehead atoms. The first-order chi connectivity index (χ1) is 11.5. The Balaban J connectivity index is 2.20. The standard InChI is InChI=1S/C18H11ClO/c19-15-9-3-1-6-12(15)13-8-5-11-17-18(13)14-7-2-4-10-16(14)20-17/h1-11H/i1D,3D,6D,9D. The topological polar surface area (TPSA) is 13.1 Å². The Morgan fingerprint density at radius 1 is 0.850 bits per heavy atom. The van der Waals surface area contributed by atoms with E-state index in [0.717, 1.165) is 16.4 Å². The van der Waals surface area contributed by atoms with Gasteiger partial charge in [-0.25, -0.2) is 0 Å². The van der Waals surface area contributed by atoms with Gasteiger partial charge in [0.1, 0.15) is 11.2 Å². The van der Waals surface area contributed by atoms with Crippen LogP contribution in [0.4, 0.5) is 0 Å². The van der Waals surface area contributed by atoms with Crippen LogP contribution < -0.4 is 0 Å². The van der Waals surface area contributed by atoms with Crippen LogP contribution in [0.1, 0.15) is 5.48 Å². The Labute approximate surface area is 127 Å². The number of halogens is 1. The van der Waals surface area contributed by atoms with Gasteiger partial charge in [0.25, 0.3) is 0 Å². The molecule has 0 saturated carbocycles. The first-order valence-corrected chi connectivity index (χ1v) is 6.55. The third-order valence-electron chi connectivity index (χ3n) is 3.31. The molecule has 0 fully saturated rings. The van der Waals surface area contributed by atoms with Gasteiger partial charge in [0, 0.05) is 21.4 Å². The molecule has 0 atom stereocenters. The molecule has 20 heavy (non-hydrogen) atoms. The zero-order valence-corrected chi connectivity index (χ0v) is 11.1. The molecule has 1 heterocycles. The van der Waals surface area contributed by atoms with Gasteiger partial charge in [-0.15, -0.1) is 0 Å². The van der Waals surface area contributed by atoms with Crippen LogP contribution in [0.3, 0.4) is 0 Å². The molecule has 96 valence electrons. The van der Waals surface area contributed by atoms with Crippen LogP contribution in [0.15, 0.2) is 71.1 Å². The molecule has 0 N–H and O–H groups in total. The summed E-state index contributed by atoms with van der Waals surface area (Å²) < 4.78 is 37.7. The lowest BCUT2D eigenvalue weighted by Gasteiger charge is -2.05. The highest BCUT2D eigenvalue weighted by atomic mass is 35.5. The molecule has 1 aromatic heterocycles. The third kappa shape index (κ3) is 1.64. The molecule has 0 aliphatic carbocycles. The molecular formula is C18H11ClO. The number of para-hydroxylation sites is 1. The van der Waals surface area contributed by atoms with Crippen LogP contribution in [0, 0.1) is 0 Å². The van der Waals surface area contributed by atoms with Crippen LogP contribution in [-0.2, 0) is 0 Å². The Morgan fingerprint density at radius 3 is 2.60 bits per heavy atom. The number of fused-ring (bicyclic) bond motifs is 3. The van der Waals surface area contributed by atoms with Gasteiger partial charge in [-0.3, -0.25) is 0 Å². The van der Waals surface area contributed by atoms with Crippen LogP contribution in [0.5, 0.6) is 0 Å². The zero-order chi connectivity index (χ0) is 17.0. The Kier molecular flexibility index (Phi) is 1.79. The van der Waals surface area contributed by atoms with E-state index in [4.69, 9.17) is 21.5 Å². The summed E-state index contributed by atoms with van der Waals surface area (Å²) in [6, 6.07) is 12.0. The van der Waals surface area contributed by atoms with Crippen LogP contribution >= 0.6 is 11.6 Å². The highest BCUT2D eigenvalue weighted by molar-refractivity contribution is 6.34. The molecule has 4 aromatic rings. The molecule has 3 aromatic carbocycles. The average molecular weight is 283 g/mol. The largest absolute Gasteiger partial charge is 0.456 e. The maximum atomic E-state index is 8.24. The maximum Gasteiger partial charge on any atom is 0.136 e. The molecule has 4 rings (SSSR count). The van der Waals surface area contributed by atoms with E-state index in [1.54, 1.807) is 12.1 Å². The zero-order valence-electron chi connectivity index (χ0n) is 14.3. The smallest absolute Gasteiger partial charge is 0.136 e. The lowest BCUT2D eigenvalue weighted by molar-refractivity contribution is 0.669. The first kappa shape index (κ1) is 8.13. The fourth-order valence-electron chi connectivity index (χ4n) is 2.47. The molecule has 0 radical (unpaired) electrons. The van der Waals surface area contributed by atoms with E-state index in [2.05, 4.69) is 0 Å². The molecule has 0 aliphatic rings. The van der Waals surface area contributed by atoms with Crippen molar-refractivity contribution in [2.24, 2.45) is 0 Å². The maximum absolute atomic E-state index is 8.24. The number of rotatable bonds is 1. The van der Waals surface area contributed by atoms with Crippen molar-refractivity contribution < 1.29 is 9.90 Å². The van der Waals surface area contributed by atoms with Crippen LogP contribution in [0.25, 0.3) is 33.1 Å². The van der Waals surface area contributed by atoms with E-state index in [9.17, 15) is 0 Å². The van der Waals surface area contributed by atoms with Crippen molar-refractivity contribution in [3.05, 3.63) is 71.7 Å². The van der Waals surface area contributed by atoms with Crippen molar-refractivity contribution in [2.45, 2.75) is 0 Å². The van der Waals surface area contributed by atoms with E-state index in [0.29, 0.717) is 16.7 Å². The first-order valence-electron chi connectivity index (χ1n) is 8.17. The summed E-state index contributed by atoms with van der Waals surface area (Å²) in [7, 11) is 0. The summed E-state index contributed by atoms with van der Waals surface area (Å²) in [6.07, 6.45) is 0. The van der Waals surface area contributed by atoms with Crippen molar-refractivity contribution in [3.8, 4) is 11.1 Å². The van der Waals surface area contributed by atoms with Crippen LogP contribution in [0.2, 0.25) is 5.02 Å². The summed E-state index contributed by atoms with van der Waals surface area (Å²) in [5, 5.41) is 1.69. The molecule has 0 spiro atoms. The van der Waals surface area contributed by atoms with Gasteiger partial charge < -0.3 is 4.42 Å². The average Bonchev–Trinajstić information content (AvgIpc) is 2.98. The van der Waals surface area contributed by atoms with E-state index in [1.165, 1.54) is 0 Å². The minimum atomic E-state index is -0.335. The Hall–Kier alpha value is -2.25. The van der Waals surface area contributed by atoms with Gasteiger partial charge in [0.2, 0.25) is 0 Å². The summed E-state index contributed by atoms with van der Waals surface area (Å²) in [6.45, 7) is 0. The second-order valence-electron chi connectivity index (χ2n) is 4.47. The summed E-state index contributed by atoms with van der Waals surface area (Å²) in [4.78, 5) is 0. The highest BCUT2D eigenvalue weighted by Crippen LogP contribution is 2.38. The van der Waals surface area contributed by atoms with Gasteiger partial charge in [0.15, 0.2) is 0 Å². The number of hydrogen-bond donors (Lipinski definition) is 0. The molecule has 1 nitrogen and oxygen atoms in total. The number of benzene rings is 3. The minimum Gasteiger partial charge on any atom is -0.456 e. The van der Waals surface area contributed by atoms with E-state index in [1.807, 2.05) is 30.3 Å². The second-order valence-corrected chi connectivity index (χ2v) is 4.84. The fraction of sp³-hybridized carbons (Fsp3) is 0.